The van der Waals surface area contributed by atoms with E-state index in [1.807, 2.05) is 12.1 Å². The molecule has 1 nitrogen and oxygen atoms in total. The first-order chi connectivity index (χ1) is 13.2. The number of hydrogen-bond donors (Lipinski definition) is 1. The van der Waals surface area contributed by atoms with Crippen LogP contribution in [0.4, 0.5) is 5.69 Å². The Morgan fingerprint density at radius 1 is 0.815 bits per heavy atom. The SMILES string of the molecule is Clc1cccc([C@@H]2Nc3ccc(-c4ccccc4)cc3[C@@H]3C=CC[C@H]32)c1Cl. The predicted octanol–water partition coefficient (Wildman–Crippen LogP) is 7.49. The van der Waals surface area contributed by atoms with Crippen LogP contribution in [0.2, 0.25) is 10.0 Å². The normalized spacial score (nSPS) is 22.8. The van der Waals surface area contributed by atoms with Crippen LogP contribution in [-0.2, 0) is 0 Å². The molecule has 134 valence electrons. The highest BCUT2D eigenvalue weighted by molar-refractivity contribution is 6.42. The topological polar surface area (TPSA) is 12.0 Å². The lowest BCUT2D eigenvalue weighted by Crippen LogP contribution is -2.29. The van der Waals surface area contributed by atoms with Crippen molar-refractivity contribution in [3.05, 3.63) is 100 Å². The van der Waals surface area contributed by atoms with Crippen molar-refractivity contribution < 1.29 is 0 Å². The minimum absolute atomic E-state index is 0.159. The molecule has 3 atom stereocenters. The summed E-state index contributed by atoms with van der Waals surface area (Å²) in [6, 6.07) is 23.4. The summed E-state index contributed by atoms with van der Waals surface area (Å²) in [5.41, 5.74) is 6.14. The van der Waals surface area contributed by atoms with Gasteiger partial charge in [0.15, 0.2) is 0 Å². The second kappa shape index (κ2) is 6.74. The molecule has 0 saturated carbocycles. The van der Waals surface area contributed by atoms with Gasteiger partial charge in [0.1, 0.15) is 0 Å². The Morgan fingerprint density at radius 3 is 2.52 bits per heavy atom. The first-order valence-corrected chi connectivity index (χ1v) is 10.0. The lowest BCUT2D eigenvalue weighted by molar-refractivity contribution is 0.426. The highest BCUT2D eigenvalue weighted by Crippen LogP contribution is 2.51. The van der Waals surface area contributed by atoms with Crippen molar-refractivity contribution in [2.24, 2.45) is 5.92 Å². The Labute approximate surface area is 169 Å². The molecule has 0 bridgehead atoms. The average Bonchev–Trinajstić information content (AvgIpc) is 3.20. The first-order valence-electron chi connectivity index (χ1n) is 9.29. The van der Waals surface area contributed by atoms with Crippen molar-refractivity contribution in [3.8, 4) is 11.1 Å². The zero-order valence-electron chi connectivity index (χ0n) is 14.7. The number of halogens is 2. The second-order valence-corrected chi connectivity index (χ2v) is 8.07. The van der Waals surface area contributed by atoms with Gasteiger partial charge in [0, 0.05) is 11.6 Å². The molecule has 3 aromatic rings. The Bertz CT molecular complexity index is 1030. The van der Waals surface area contributed by atoms with Crippen molar-refractivity contribution in [2.75, 3.05) is 5.32 Å². The van der Waals surface area contributed by atoms with Crippen molar-refractivity contribution in [2.45, 2.75) is 18.4 Å². The van der Waals surface area contributed by atoms with E-state index in [9.17, 15) is 0 Å². The third-order valence-corrected chi connectivity index (χ3v) is 6.62. The van der Waals surface area contributed by atoms with Gasteiger partial charge in [-0.3, -0.25) is 0 Å². The van der Waals surface area contributed by atoms with E-state index in [0.717, 1.165) is 12.0 Å². The monoisotopic (exact) mass is 391 g/mol. The van der Waals surface area contributed by atoms with E-state index in [1.54, 1.807) is 0 Å². The summed E-state index contributed by atoms with van der Waals surface area (Å²) >= 11 is 12.8. The molecule has 0 amide bonds. The summed E-state index contributed by atoms with van der Waals surface area (Å²) in [4.78, 5) is 0. The van der Waals surface area contributed by atoms with Gasteiger partial charge >= 0.3 is 0 Å². The van der Waals surface area contributed by atoms with E-state index in [-0.39, 0.29) is 6.04 Å². The van der Waals surface area contributed by atoms with E-state index in [4.69, 9.17) is 23.2 Å². The Morgan fingerprint density at radius 2 is 1.67 bits per heavy atom. The smallest absolute Gasteiger partial charge is 0.0645 e. The van der Waals surface area contributed by atoms with Crippen LogP contribution in [0.15, 0.2) is 78.9 Å². The van der Waals surface area contributed by atoms with Crippen LogP contribution < -0.4 is 5.32 Å². The number of anilines is 1. The minimum Gasteiger partial charge on any atom is -0.378 e. The molecule has 3 aromatic carbocycles. The molecule has 2 aliphatic rings. The maximum atomic E-state index is 6.56. The number of nitrogens with one attached hydrogen (secondary N) is 1. The molecule has 0 unspecified atom stereocenters. The largest absolute Gasteiger partial charge is 0.378 e. The van der Waals surface area contributed by atoms with Crippen molar-refractivity contribution in [1.29, 1.82) is 0 Å². The van der Waals surface area contributed by atoms with Crippen LogP contribution in [-0.4, -0.2) is 0 Å². The fraction of sp³-hybridized carbons (Fsp3) is 0.167. The van der Waals surface area contributed by atoms with Gasteiger partial charge < -0.3 is 5.32 Å². The standard InChI is InChI=1S/C24H19Cl2N/c25-21-11-5-10-19(23(21)26)24-18-9-4-8-17(18)20-14-16(12-13-22(20)27-24)15-6-2-1-3-7-15/h1-8,10-14,17-18,24,27H,9H2/t17-,18-,24-/m1/s1. The Kier molecular flexibility index (Phi) is 4.22. The number of rotatable bonds is 2. The average molecular weight is 392 g/mol. The molecule has 0 aromatic heterocycles. The molecule has 0 spiro atoms. The lowest BCUT2D eigenvalue weighted by Gasteiger charge is -2.38. The molecular formula is C24H19Cl2N. The van der Waals surface area contributed by atoms with Crippen LogP contribution in [0.1, 0.15) is 29.5 Å². The number of fused-ring (bicyclic) bond motifs is 3. The highest BCUT2D eigenvalue weighted by Gasteiger charge is 2.38. The molecule has 1 aliphatic heterocycles. The number of hydrogen-bond acceptors (Lipinski definition) is 1. The van der Waals surface area contributed by atoms with Crippen molar-refractivity contribution in [1.82, 2.24) is 0 Å². The van der Waals surface area contributed by atoms with E-state index in [1.165, 1.54) is 22.4 Å². The first kappa shape index (κ1) is 16.9. The van der Waals surface area contributed by atoms with Crippen LogP contribution in [0.3, 0.4) is 0 Å². The van der Waals surface area contributed by atoms with Gasteiger partial charge in [0.2, 0.25) is 0 Å². The summed E-state index contributed by atoms with van der Waals surface area (Å²) in [5, 5.41) is 5.02. The Balaban J connectivity index is 1.59. The minimum atomic E-state index is 0.159. The van der Waals surface area contributed by atoms with Crippen molar-refractivity contribution in [3.63, 3.8) is 0 Å². The number of benzene rings is 3. The molecule has 0 saturated heterocycles. The summed E-state index contributed by atoms with van der Waals surface area (Å²) in [6.07, 6.45) is 5.69. The number of allylic oxidation sites excluding steroid dienone is 2. The molecule has 3 heteroatoms. The molecule has 0 radical (unpaired) electrons. The van der Waals surface area contributed by atoms with Crippen LogP contribution in [0.5, 0.6) is 0 Å². The molecule has 0 fully saturated rings. The second-order valence-electron chi connectivity index (χ2n) is 7.29. The van der Waals surface area contributed by atoms with Gasteiger partial charge in [-0.25, -0.2) is 0 Å². The van der Waals surface area contributed by atoms with Gasteiger partial charge in [-0.05, 0) is 52.8 Å². The maximum Gasteiger partial charge on any atom is 0.0645 e. The Hall–Kier alpha value is -2.22. The lowest BCUT2D eigenvalue weighted by atomic mass is 9.76. The van der Waals surface area contributed by atoms with Crippen LogP contribution in [0, 0.1) is 5.92 Å². The predicted molar refractivity (Wildman–Crippen MR) is 115 cm³/mol. The van der Waals surface area contributed by atoms with Gasteiger partial charge in [-0.1, -0.05) is 83.9 Å². The fourth-order valence-electron chi connectivity index (χ4n) is 4.47. The quantitative estimate of drug-likeness (QED) is 0.446. The van der Waals surface area contributed by atoms with Crippen LogP contribution in [0.25, 0.3) is 11.1 Å². The van der Waals surface area contributed by atoms with Gasteiger partial charge in [0.25, 0.3) is 0 Å². The summed E-state index contributed by atoms with van der Waals surface area (Å²) in [5.74, 6) is 0.837. The molecule has 1 N–H and O–H groups in total. The van der Waals surface area contributed by atoms with Crippen LogP contribution >= 0.6 is 23.2 Å². The van der Waals surface area contributed by atoms with E-state index in [2.05, 4.69) is 72.1 Å². The zero-order valence-corrected chi connectivity index (χ0v) is 16.2. The van der Waals surface area contributed by atoms with Gasteiger partial charge in [-0.2, -0.15) is 0 Å². The van der Waals surface area contributed by atoms with Gasteiger partial charge in [-0.15, -0.1) is 0 Å². The third-order valence-electron chi connectivity index (χ3n) is 5.79. The summed E-state index contributed by atoms with van der Waals surface area (Å²) in [7, 11) is 0. The van der Waals surface area contributed by atoms with E-state index in [0.29, 0.717) is 21.9 Å². The maximum absolute atomic E-state index is 6.56. The molecule has 27 heavy (non-hydrogen) atoms. The zero-order chi connectivity index (χ0) is 18.4. The van der Waals surface area contributed by atoms with Gasteiger partial charge in [0.05, 0.1) is 16.1 Å². The van der Waals surface area contributed by atoms with Crippen molar-refractivity contribution >= 4 is 28.9 Å². The molecular weight excluding hydrogens is 373 g/mol. The molecule has 1 heterocycles. The molecule has 5 rings (SSSR count). The van der Waals surface area contributed by atoms with E-state index >= 15 is 0 Å². The summed E-state index contributed by atoms with van der Waals surface area (Å²) in [6.45, 7) is 0. The third kappa shape index (κ3) is 2.86. The highest BCUT2D eigenvalue weighted by atomic mass is 35.5. The summed E-state index contributed by atoms with van der Waals surface area (Å²) < 4.78 is 0. The fourth-order valence-corrected chi connectivity index (χ4v) is 4.90. The van der Waals surface area contributed by atoms with E-state index < -0.39 is 0 Å². The molecule has 1 aliphatic carbocycles.